The smallest absolute Gasteiger partial charge is 0.191 e. The molecule has 0 N–H and O–H groups in total. The van der Waals surface area contributed by atoms with Gasteiger partial charge in [-0.15, -0.1) is 10.2 Å². The van der Waals surface area contributed by atoms with E-state index in [1.54, 1.807) is 6.26 Å². The Bertz CT molecular complexity index is 865. The van der Waals surface area contributed by atoms with Gasteiger partial charge in [-0.3, -0.25) is 4.79 Å². The van der Waals surface area contributed by atoms with Gasteiger partial charge in [-0.2, -0.15) is 0 Å². The monoisotopic (exact) mass is 341 g/mol. The molecule has 0 radical (unpaired) electrons. The van der Waals surface area contributed by atoms with Crippen molar-refractivity contribution in [2.75, 3.05) is 0 Å². The molecule has 1 aromatic carbocycles. The molecule has 0 aliphatic carbocycles. The summed E-state index contributed by atoms with van der Waals surface area (Å²) in [5.41, 5.74) is 2.77. The summed E-state index contributed by atoms with van der Waals surface area (Å²) in [6.45, 7) is 5.79. The number of aryl methyl sites for hydroxylation is 2. The Morgan fingerprint density at radius 2 is 1.88 bits per heavy atom. The van der Waals surface area contributed by atoms with Gasteiger partial charge in [0.25, 0.3) is 0 Å². The third-order valence-corrected chi connectivity index (χ3v) is 5.06. The highest BCUT2D eigenvalue weighted by atomic mass is 32.2. The van der Waals surface area contributed by atoms with Crippen LogP contribution in [0.25, 0.3) is 11.4 Å². The van der Waals surface area contributed by atoms with Crippen LogP contribution < -0.4 is 0 Å². The second-order valence-electron chi connectivity index (χ2n) is 5.75. The number of benzene rings is 1. The topological polar surface area (TPSA) is 60.9 Å². The van der Waals surface area contributed by atoms with Gasteiger partial charge in [0.2, 0.25) is 0 Å². The van der Waals surface area contributed by atoms with Gasteiger partial charge in [0.1, 0.15) is 5.76 Å². The number of carbonyl (C=O) groups is 1. The molecule has 0 saturated heterocycles. The molecule has 6 heteroatoms. The first-order valence-electron chi connectivity index (χ1n) is 7.68. The van der Waals surface area contributed by atoms with E-state index in [-0.39, 0.29) is 11.0 Å². The molecular weight excluding hydrogens is 322 g/mol. The highest BCUT2D eigenvalue weighted by Gasteiger charge is 2.21. The summed E-state index contributed by atoms with van der Waals surface area (Å²) in [7, 11) is 1.90. The number of furan rings is 1. The average Bonchev–Trinajstić information content (AvgIpc) is 3.14. The lowest BCUT2D eigenvalue weighted by Gasteiger charge is -2.10. The molecule has 0 bridgehead atoms. The molecule has 1 atom stereocenters. The molecule has 0 fully saturated rings. The van der Waals surface area contributed by atoms with E-state index >= 15 is 0 Å². The van der Waals surface area contributed by atoms with Crippen LogP contribution in [0.1, 0.15) is 28.6 Å². The minimum Gasteiger partial charge on any atom is -0.469 e. The van der Waals surface area contributed by atoms with E-state index in [1.807, 2.05) is 62.7 Å². The zero-order valence-corrected chi connectivity index (χ0v) is 14.9. The number of nitrogens with zero attached hydrogens (tertiary/aromatic N) is 3. The SMILES string of the molecule is Cc1ccc(C(=O)[C@@H](C)Sc2nnc(-c3ccoc3C)n2C)cc1. The van der Waals surface area contributed by atoms with Gasteiger partial charge in [0.05, 0.1) is 17.1 Å². The first-order chi connectivity index (χ1) is 11.5. The predicted molar refractivity (Wildman–Crippen MR) is 94.3 cm³/mol. The maximum Gasteiger partial charge on any atom is 0.191 e. The van der Waals surface area contributed by atoms with E-state index < -0.39 is 0 Å². The number of hydrogen-bond acceptors (Lipinski definition) is 5. The second kappa shape index (κ2) is 6.65. The Hall–Kier alpha value is -2.34. The second-order valence-corrected chi connectivity index (χ2v) is 7.05. The van der Waals surface area contributed by atoms with Gasteiger partial charge in [-0.1, -0.05) is 41.6 Å². The summed E-state index contributed by atoms with van der Waals surface area (Å²) in [5, 5.41) is 8.93. The van der Waals surface area contributed by atoms with Crippen molar-refractivity contribution in [2.45, 2.75) is 31.2 Å². The fourth-order valence-electron chi connectivity index (χ4n) is 2.43. The minimum atomic E-state index is -0.242. The van der Waals surface area contributed by atoms with Gasteiger partial charge in [0, 0.05) is 12.6 Å². The average molecular weight is 341 g/mol. The normalized spacial score (nSPS) is 12.3. The molecule has 2 heterocycles. The molecule has 0 saturated carbocycles. The first kappa shape index (κ1) is 16.5. The van der Waals surface area contributed by atoms with Crippen LogP contribution in [0.15, 0.2) is 46.2 Å². The molecule has 3 rings (SSSR count). The van der Waals surface area contributed by atoms with Crippen LogP contribution in [0.2, 0.25) is 0 Å². The van der Waals surface area contributed by atoms with Crippen LogP contribution in [0, 0.1) is 13.8 Å². The number of Topliss-reactive ketones (excluding diaryl/α,β-unsaturated/α-hetero) is 1. The van der Waals surface area contributed by atoms with Crippen molar-refractivity contribution in [2.24, 2.45) is 7.05 Å². The highest BCUT2D eigenvalue weighted by Crippen LogP contribution is 2.29. The zero-order valence-electron chi connectivity index (χ0n) is 14.1. The van der Waals surface area contributed by atoms with Crippen molar-refractivity contribution in [1.29, 1.82) is 0 Å². The highest BCUT2D eigenvalue weighted by molar-refractivity contribution is 8.00. The lowest BCUT2D eigenvalue weighted by molar-refractivity contribution is 0.0994. The lowest BCUT2D eigenvalue weighted by Crippen LogP contribution is -2.14. The van der Waals surface area contributed by atoms with E-state index in [0.29, 0.717) is 10.7 Å². The van der Waals surface area contributed by atoms with Crippen LogP contribution in [-0.4, -0.2) is 25.8 Å². The summed E-state index contributed by atoms with van der Waals surface area (Å²) in [6, 6.07) is 9.51. The summed E-state index contributed by atoms with van der Waals surface area (Å²) < 4.78 is 7.22. The molecule has 2 aromatic heterocycles. The Kier molecular flexibility index (Phi) is 4.57. The molecule has 124 valence electrons. The third kappa shape index (κ3) is 3.14. The van der Waals surface area contributed by atoms with Gasteiger partial charge in [0.15, 0.2) is 16.8 Å². The molecule has 0 aliphatic rings. The summed E-state index contributed by atoms with van der Waals surface area (Å²) in [4.78, 5) is 12.6. The van der Waals surface area contributed by atoms with Gasteiger partial charge < -0.3 is 8.98 Å². The lowest BCUT2D eigenvalue weighted by atomic mass is 10.1. The minimum absolute atomic E-state index is 0.0871. The number of carbonyl (C=O) groups excluding carboxylic acids is 1. The van der Waals surface area contributed by atoms with Crippen molar-refractivity contribution in [1.82, 2.24) is 14.8 Å². The molecular formula is C18H19N3O2S. The van der Waals surface area contributed by atoms with E-state index in [2.05, 4.69) is 10.2 Å². The zero-order chi connectivity index (χ0) is 17.3. The van der Waals surface area contributed by atoms with Crippen LogP contribution in [0.4, 0.5) is 0 Å². The molecule has 0 amide bonds. The van der Waals surface area contributed by atoms with Crippen molar-refractivity contribution in [3.63, 3.8) is 0 Å². The fraction of sp³-hybridized carbons (Fsp3) is 0.278. The maximum atomic E-state index is 12.6. The van der Waals surface area contributed by atoms with Crippen LogP contribution in [-0.2, 0) is 7.05 Å². The number of aromatic nitrogens is 3. The van der Waals surface area contributed by atoms with Gasteiger partial charge in [-0.05, 0) is 26.8 Å². The quantitative estimate of drug-likeness (QED) is 0.517. The third-order valence-electron chi connectivity index (χ3n) is 3.92. The first-order valence-corrected chi connectivity index (χ1v) is 8.56. The van der Waals surface area contributed by atoms with E-state index in [4.69, 9.17) is 4.42 Å². The molecule has 5 nitrogen and oxygen atoms in total. The van der Waals surface area contributed by atoms with Crippen LogP contribution in [0.5, 0.6) is 0 Å². The number of ketones is 1. The molecule has 0 aliphatic heterocycles. The fourth-order valence-corrected chi connectivity index (χ4v) is 3.33. The maximum absolute atomic E-state index is 12.6. The largest absolute Gasteiger partial charge is 0.469 e. The number of rotatable bonds is 5. The van der Waals surface area contributed by atoms with Crippen molar-refractivity contribution >= 4 is 17.5 Å². The Balaban J connectivity index is 1.79. The molecule has 0 unspecified atom stereocenters. The molecule has 3 aromatic rings. The van der Waals surface area contributed by atoms with Crippen LogP contribution >= 0.6 is 11.8 Å². The van der Waals surface area contributed by atoms with Crippen molar-refractivity contribution in [3.8, 4) is 11.4 Å². The number of thioether (sulfide) groups is 1. The number of hydrogen-bond donors (Lipinski definition) is 0. The van der Waals surface area contributed by atoms with Crippen molar-refractivity contribution < 1.29 is 9.21 Å². The van der Waals surface area contributed by atoms with E-state index in [9.17, 15) is 4.79 Å². The van der Waals surface area contributed by atoms with Crippen molar-refractivity contribution in [3.05, 3.63) is 53.5 Å². The molecule has 24 heavy (non-hydrogen) atoms. The summed E-state index contributed by atoms with van der Waals surface area (Å²) in [6.07, 6.45) is 1.63. The Morgan fingerprint density at radius 3 is 2.50 bits per heavy atom. The van der Waals surface area contributed by atoms with Crippen LogP contribution in [0.3, 0.4) is 0 Å². The Morgan fingerprint density at radius 1 is 1.17 bits per heavy atom. The van der Waals surface area contributed by atoms with E-state index in [1.165, 1.54) is 11.8 Å². The molecule has 0 spiro atoms. The van der Waals surface area contributed by atoms with Gasteiger partial charge in [-0.25, -0.2) is 0 Å². The Labute approximate surface area is 145 Å². The standard InChI is InChI=1S/C18H19N3O2S/c1-11-5-7-14(8-6-11)16(22)13(3)24-18-20-19-17(21(18)4)15-9-10-23-12(15)2/h5-10,13H,1-4H3/t13-/m1/s1. The predicted octanol–water partition coefficient (Wildman–Crippen LogP) is 4.06. The van der Waals surface area contributed by atoms with E-state index in [0.717, 1.165) is 22.7 Å². The summed E-state index contributed by atoms with van der Waals surface area (Å²) >= 11 is 1.41. The summed E-state index contributed by atoms with van der Waals surface area (Å²) in [5.74, 6) is 1.62. The van der Waals surface area contributed by atoms with Gasteiger partial charge >= 0.3 is 0 Å².